The Morgan fingerprint density at radius 3 is 2.72 bits per heavy atom. The molecule has 1 saturated heterocycles. The van der Waals surface area contributed by atoms with E-state index in [4.69, 9.17) is 9.15 Å². The molecule has 0 aromatic carbocycles. The van der Waals surface area contributed by atoms with E-state index in [2.05, 4.69) is 4.98 Å². The number of hydrogen-bond acceptors (Lipinski definition) is 6. The second-order valence-electron chi connectivity index (χ2n) is 6.59. The quantitative estimate of drug-likeness (QED) is 0.615. The topological polar surface area (TPSA) is 95.8 Å². The highest BCUT2D eigenvalue weighted by molar-refractivity contribution is 7.89. The molecule has 0 saturated carbocycles. The van der Waals surface area contributed by atoms with Crippen LogP contribution in [0.4, 0.5) is 0 Å². The second kappa shape index (κ2) is 8.54. The zero-order valence-corrected chi connectivity index (χ0v) is 17.2. The summed E-state index contributed by atoms with van der Waals surface area (Å²) < 4.78 is 37.6. The van der Waals surface area contributed by atoms with Crippen LogP contribution in [0.1, 0.15) is 21.1 Å². The van der Waals surface area contributed by atoms with Crippen molar-refractivity contribution < 1.29 is 22.4 Å². The number of furan rings is 1. The average Bonchev–Trinajstić information content (AvgIpc) is 3.50. The minimum absolute atomic E-state index is 0.0804. The molecule has 8 nitrogen and oxygen atoms in total. The second-order valence-corrected chi connectivity index (χ2v) is 9.56. The molecule has 1 fully saturated rings. The zero-order chi connectivity index (χ0) is 20.3. The highest BCUT2D eigenvalue weighted by atomic mass is 32.2. The van der Waals surface area contributed by atoms with Gasteiger partial charge in [0.05, 0.1) is 32.6 Å². The van der Waals surface area contributed by atoms with Crippen LogP contribution in [0.5, 0.6) is 0 Å². The SMILES string of the molecule is O=C(c1cc(S(=O)(=O)N2CCOCC2)c[nH]1)N(Cc1ccco1)Cc1cccs1. The van der Waals surface area contributed by atoms with Gasteiger partial charge in [0.25, 0.3) is 5.91 Å². The standard InChI is InChI=1S/C19H21N3O5S2/c23-19(21(13-15-3-1-7-27-15)14-16-4-2-10-28-16)18-11-17(12-20-18)29(24,25)22-5-8-26-9-6-22/h1-4,7,10-12,20H,5-6,8-9,13-14H2. The van der Waals surface area contributed by atoms with Crippen LogP contribution >= 0.6 is 11.3 Å². The number of amides is 1. The predicted octanol–water partition coefficient (Wildman–Crippen LogP) is 2.53. The fraction of sp³-hybridized carbons (Fsp3) is 0.316. The van der Waals surface area contributed by atoms with Crippen LogP contribution in [-0.4, -0.2) is 54.8 Å². The van der Waals surface area contributed by atoms with Gasteiger partial charge < -0.3 is 19.0 Å². The van der Waals surface area contributed by atoms with Crippen molar-refractivity contribution in [3.05, 3.63) is 64.5 Å². The molecule has 29 heavy (non-hydrogen) atoms. The van der Waals surface area contributed by atoms with Crippen molar-refractivity contribution >= 4 is 27.3 Å². The molecule has 1 aliphatic rings. The van der Waals surface area contributed by atoms with Crippen molar-refractivity contribution in [1.29, 1.82) is 0 Å². The number of morpholine rings is 1. The number of carbonyl (C=O) groups is 1. The van der Waals surface area contributed by atoms with Gasteiger partial charge >= 0.3 is 0 Å². The number of aromatic nitrogens is 1. The third-order valence-electron chi connectivity index (χ3n) is 4.64. The minimum atomic E-state index is -3.67. The number of sulfonamides is 1. The van der Waals surface area contributed by atoms with Crippen LogP contribution in [-0.2, 0) is 27.8 Å². The van der Waals surface area contributed by atoms with Crippen LogP contribution in [0.2, 0.25) is 0 Å². The Labute approximate surface area is 172 Å². The summed E-state index contributed by atoms with van der Waals surface area (Å²) in [4.78, 5) is 18.7. The maximum atomic E-state index is 13.1. The van der Waals surface area contributed by atoms with Crippen LogP contribution < -0.4 is 0 Å². The summed E-state index contributed by atoms with van der Waals surface area (Å²) in [5, 5.41) is 1.95. The molecule has 3 aromatic heterocycles. The van der Waals surface area contributed by atoms with Gasteiger partial charge in [0.2, 0.25) is 10.0 Å². The molecule has 4 rings (SSSR count). The normalized spacial score (nSPS) is 15.4. The summed E-state index contributed by atoms with van der Waals surface area (Å²) in [7, 11) is -3.67. The van der Waals surface area contributed by atoms with Gasteiger partial charge in [0.1, 0.15) is 16.3 Å². The molecule has 3 aromatic rings. The molecular weight excluding hydrogens is 414 g/mol. The van der Waals surface area contributed by atoms with E-state index < -0.39 is 10.0 Å². The number of H-pyrrole nitrogens is 1. The summed E-state index contributed by atoms with van der Waals surface area (Å²) in [6.07, 6.45) is 2.93. The first-order valence-electron chi connectivity index (χ1n) is 9.14. The van der Waals surface area contributed by atoms with Gasteiger partial charge in [-0.05, 0) is 29.6 Å². The number of hydrogen-bond donors (Lipinski definition) is 1. The van der Waals surface area contributed by atoms with E-state index in [9.17, 15) is 13.2 Å². The fourth-order valence-corrected chi connectivity index (χ4v) is 5.26. The molecular formula is C19H21N3O5S2. The number of nitrogens with one attached hydrogen (secondary N) is 1. The Morgan fingerprint density at radius 1 is 1.21 bits per heavy atom. The van der Waals surface area contributed by atoms with E-state index in [-0.39, 0.29) is 23.0 Å². The predicted molar refractivity (Wildman–Crippen MR) is 107 cm³/mol. The van der Waals surface area contributed by atoms with Gasteiger partial charge in [0, 0.05) is 24.2 Å². The molecule has 10 heteroatoms. The third-order valence-corrected chi connectivity index (χ3v) is 7.37. The summed E-state index contributed by atoms with van der Waals surface area (Å²) in [5.41, 5.74) is 0.222. The number of rotatable bonds is 7. The van der Waals surface area contributed by atoms with Gasteiger partial charge in [-0.1, -0.05) is 6.07 Å². The largest absolute Gasteiger partial charge is 0.467 e. The number of nitrogens with zero attached hydrogens (tertiary/aromatic N) is 2. The van der Waals surface area contributed by atoms with Gasteiger partial charge in [0.15, 0.2) is 0 Å². The minimum Gasteiger partial charge on any atom is -0.467 e. The van der Waals surface area contributed by atoms with Crippen molar-refractivity contribution in [2.24, 2.45) is 0 Å². The number of aromatic amines is 1. The lowest BCUT2D eigenvalue weighted by atomic mass is 10.3. The van der Waals surface area contributed by atoms with Gasteiger partial charge in [-0.3, -0.25) is 4.79 Å². The summed E-state index contributed by atoms with van der Waals surface area (Å²) in [6, 6.07) is 8.85. The van der Waals surface area contributed by atoms with E-state index >= 15 is 0 Å². The van der Waals surface area contributed by atoms with E-state index in [1.54, 1.807) is 34.6 Å². The maximum Gasteiger partial charge on any atom is 0.271 e. The van der Waals surface area contributed by atoms with Crippen LogP contribution in [0, 0.1) is 0 Å². The highest BCUT2D eigenvalue weighted by Gasteiger charge is 2.29. The Bertz CT molecular complexity index is 999. The monoisotopic (exact) mass is 435 g/mol. The van der Waals surface area contributed by atoms with Crippen molar-refractivity contribution in [1.82, 2.24) is 14.2 Å². The molecule has 0 radical (unpaired) electrons. The fourth-order valence-electron chi connectivity index (χ4n) is 3.13. The first-order valence-corrected chi connectivity index (χ1v) is 11.5. The lowest BCUT2D eigenvalue weighted by Crippen LogP contribution is -2.40. The Kier molecular flexibility index (Phi) is 5.86. The molecule has 1 amide bonds. The summed E-state index contributed by atoms with van der Waals surface area (Å²) in [5.74, 6) is 0.362. The molecule has 4 heterocycles. The van der Waals surface area contributed by atoms with Crippen molar-refractivity contribution in [2.45, 2.75) is 18.0 Å². The molecule has 154 valence electrons. The molecule has 0 spiro atoms. The van der Waals surface area contributed by atoms with Crippen molar-refractivity contribution in [2.75, 3.05) is 26.3 Å². The maximum absolute atomic E-state index is 13.1. The molecule has 0 unspecified atom stereocenters. The smallest absolute Gasteiger partial charge is 0.271 e. The van der Waals surface area contributed by atoms with E-state index in [1.165, 1.54) is 16.6 Å². The highest BCUT2D eigenvalue weighted by Crippen LogP contribution is 2.21. The molecule has 1 N–H and O–H groups in total. The van der Waals surface area contributed by atoms with Crippen LogP contribution in [0.25, 0.3) is 0 Å². The average molecular weight is 436 g/mol. The van der Waals surface area contributed by atoms with Crippen LogP contribution in [0.15, 0.2) is 57.5 Å². The Morgan fingerprint density at radius 2 is 2.03 bits per heavy atom. The number of thiophene rings is 1. The number of carbonyl (C=O) groups excluding carboxylic acids is 1. The summed E-state index contributed by atoms with van der Waals surface area (Å²) in [6.45, 7) is 2.04. The Balaban J connectivity index is 1.56. The van der Waals surface area contributed by atoms with E-state index in [0.29, 0.717) is 38.6 Å². The molecule has 0 bridgehead atoms. The molecule has 0 atom stereocenters. The van der Waals surface area contributed by atoms with E-state index in [0.717, 1.165) is 4.88 Å². The lowest BCUT2D eigenvalue weighted by Gasteiger charge is -2.25. The first kappa shape index (κ1) is 19.9. The molecule has 0 aliphatic carbocycles. The molecule has 1 aliphatic heterocycles. The Hall–Kier alpha value is -2.40. The van der Waals surface area contributed by atoms with Gasteiger partial charge in [-0.15, -0.1) is 11.3 Å². The van der Waals surface area contributed by atoms with Crippen LogP contribution in [0.3, 0.4) is 0 Å². The van der Waals surface area contributed by atoms with Gasteiger partial charge in [-0.25, -0.2) is 8.42 Å². The van der Waals surface area contributed by atoms with Crippen molar-refractivity contribution in [3.63, 3.8) is 0 Å². The third kappa shape index (κ3) is 4.45. The zero-order valence-electron chi connectivity index (χ0n) is 15.6. The first-order chi connectivity index (χ1) is 14.0. The summed E-state index contributed by atoms with van der Waals surface area (Å²) >= 11 is 1.56. The van der Waals surface area contributed by atoms with E-state index in [1.807, 2.05) is 17.5 Å². The lowest BCUT2D eigenvalue weighted by molar-refractivity contribution is 0.0713. The van der Waals surface area contributed by atoms with Crippen molar-refractivity contribution in [3.8, 4) is 0 Å². The van der Waals surface area contributed by atoms with Gasteiger partial charge in [-0.2, -0.15) is 4.31 Å². The number of ether oxygens (including phenoxy) is 1.